The van der Waals surface area contributed by atoms with E-state index in [1.54, 1.807) is 6.33 Å². The van der Waals surface area contributed by atoms with Crippen LogP contribution in [0.4, 0.5) is 11.5 Å². The predicted molar refractivity (Wildman–Crippen MR) is 172 cm³/mol. The van der Waals surface area contributed by atoms with Gasteiger partial charge in [0, 0.05) is 63.9 Å². The Hall–Kier alpha value is -4.48. The van der Waals surface area contributed by atoms with Gasteiger partial charge in [0.15, 0.2) is 5.75 Å². The summed E-state index contributed by atoms with van der Waals surface area (Å²) < 4.78 is 8.40. The van der Waals surface area contributed by atoms with Gasteiger partial charge in [-0.2, -0.15) is 0 Å². The lowest BCUT2D eigenvalue weighted by molar-refractivity contribution is -0.134. The molecule has 0 radical (unpaired) electrons. The van der Waals surface area contributed by atoms with E-state index in [1.165, 1.54) is 19.8 Å². The molecule has 2 aliphatic rings. The number of hydrogen-bond donors (Lipinski definition) is 3. The Bertz CT molecular complexity index is 1590. The number of nitrogens with zero attached hydrogens (tertiary/aromatic N) is 5. The second-order valence-corrected chi connectivity index (χ2v) is 11.5. The molecular formula is C33H41N7O4. The second kappa shape index (κ2) is 13.9. The molecule has 1 saturated heterocycles. The molecule has 3 heterocycles. The second-order valence-electron chi connectivity index (χ2n) is 11.5. The minimum atomic E-state index is -0.833. The number of fused-ring (bicyclic) bond motifs is 1. The van der Waals surface area contributed by atoms with Crippen LogP contribution in [0.15, 0.2) is 61.1 Å². The quantitative estimate of drug-likeness (QED) is 0.271. The van der Waals surface area contributed by atoms with Crippen LogP contribution in [0.1, 0.15) is 45.6 Å². The van der Waals surface area contributed by atoms with Gasteiger partial charge in [0.25, 0.3) is 5.97 Å². The SMILES string of the molecule is CC(=O)Nc1cc(-c2cn([C@H]3CC[C@H](N4CCN(C)CC4)CC3)c3ncnc(N)c23)ccc1Oc1ccccc1.CC(=O)O. The number of nitrogens with two attached hydrogens (primary N) is 1. The molecule has 0 spiro atoms. The van der Waals surface area contributed by atoms with E-state index in [-0.39, 0.29) is 5.91 Å². The molecule has 6 rings (SSSR count). The van der Waals surface area contributed by atoms with Crippen molar-refractivity contribution in [3.8, 4) is 22.6 Å². The maximum Gasteiger partial charge on any atom is 0.300 e. The van der Waals surface area contributed by atoms with E-state index in [4.69, 9.17) is 20.4 Å². The highest BCUT2D eigenvalue weighted by Gasteiger charge is 2.30. The third-order valence-electron chi connectivity index (χ3n) is 8.32. The maximum absolute atomic E-state index is 12.1. The fourth-order valence-corrected chi connectivity index (χ4v) is 6.18. The van der Waals surface area contributed by atoms with E-state index in [2.05, 4.69) is 42.9 Å². The summed E-state index contributed by atoms with van der Waals surface area (Å²) in [6, 6.07) is 16.4. The van der Waals surface area contributed by atoms with Crippen LogP contribution in [-0.4, -0.2) is 80.6 Å². The standard InChI is InChI=1S/C31H37N7O2.C2H4O2/c1-21(39)35-27-18-22(8-13-28(27)40-25-6-4-3-5-7-25)26-19-38(31-29(26)30(32)33-20-34-31)24-11-9-23(10-12-24)37-16-14-36(2)15-17-37;1-2(3)4/h3-8,13,18-20,23-24H,9-12,14-17H2,1-2H3,(H,35,39)(H2,32,33,34);1H3,(H,3,4)/t23-,24-;. The Morgan fingerprint density at radius 3 is 2.27 bits per heavy atom. The largest absolute Gasteiger partial charge is 0.481 e. The first-order chi connectivity index (χ1) is 21.2. The van der Waals surface area contributed by atoms with Gasteiger partial charge < -0.3 is 30.4 Å². The number of ether oxygens (including phenoxy) is 1. The summed E-state index contributed by atoms with van der Waals surface area (Å²) in [7, 11) is 2.21. The number of hydrogen-bond acceptors (Lipinski definition) is 8. The van der Waals surface area contributed by atoms with E-state index in [9.17, 15) is 4.79 Å². The minimum absolute atomic E-state index is 0.169. The number of carboxylic acid groups (broad SMARTS) is 1. The van der Waals surface area contributed by atoms with Crippen molar-refractivity contribution in [2.75, 3.05) is 44.3 Å². The molecule has 232 valence electrons. The molecule has 2 fully saturated rings. The number of anilines is 2. The van der Waals surface area contributed by atoms with E-state index >= 15 is 0 Å². The molecule has 11 nitrogen and oxygen atoms in total. The normalized spacial score (nSPS) is 19.2. The van der Waals surface area contributed by atoms with Crippen LogP contribution in [0, 0.1) is 0 Å². The van der Waals surface area contributed by atoms with Gasteiger partial charge >= 0.3 is 0 Å². The average molecular weight is 600 g/mol. The number of amides is 1. The van der Waals surface area contributed by atoms with Crippen LogP contribution in [0.2, 0.25) is 0 Å². The zero-order valence-electron chi connectivity index (χ0n) is 25.6. The number of aliphatic carboxylic acids is 1. The molecular weight excluding hydrogens is 558 g/mol. The van der Waals surface area contributed by atoms with Crippen LogP contribution in [0.25, 0.3) is 22.2 Å². The first-order valence-corrected chi connectivity index (χ1v) is 15.1. The van der Waals surface area contributed by atoms with Gasteiger partial charge in [0.05, 0.1) is 11.1 Å². The lowest BCUT2D eigenvalue weighted by atomic mass is 9.89. The van der Waals surface area contributed by atoms with Gasteiger partial charge in [-0.15, -0.1) is 0 Å². The lowest BCUT2D eigenvalue weighted by Crippen LogP contribution is -2.49. The Morgan fingerprint density at radius 1 is 0.955 bits per heavy atom. The Balaban J connectivity index is 0.000000906. The summed E-state index contributed by atoms with van der Waals surface area (Å²) in [5, 5.41) is 11.2. The van der Waals surface area contributed by atoms with E-state index < -0.39 is 5.97 Å². The van der Waals surface area contributed by atoms with Crippen molar-refractivity contribution in [1.82, 2.24) is 24.3 Å². The van der Waals surface area contributed by atoms with Crippen LogP contribution in [0.3, 0.4) is 0 Å². The third kappa shape index (κ3) is 7.35. The molecule has 4 N–H and O–H groups in total. The van der Waals surface area contributed by atoms with Crippen LogP contribution >= 0.6 is 0 Å². The van der Waals surface area contributed by atoms with Gasteiger partial charge in [-0.25, -0.2) is 9.97 Å². The molecule has 1 aliphatic carbocycles. The molecule has 0 unspecified atom stereocenters. The molecule has 1 amide bonds. The van der Waals surface area contributed by atoms with Crippen molar-refractivity contribution >= 4 is 34.4 Å². The number of rotatable bonds is 6. The van der Waals surface area contributed by atoms with Gasteiger partial charge in [-0.3, -0.25) is 14.5 Å². The van der Waals surface area contributed by atoms with Crippen molar-refractivity contribution in [1.29, 1.82) is 0 Å². The number of benzene rings is 2. The van der Waals surface area contributed by atoms with Crippen molar-refractivity contribution in [2.45, 2.75) is 51.6 Å². The molecule has 2 aromatic heterocycles. The molecule has 0 bridgehead atoms. The summed E-state index contributed by atoms with van der Waals surface area (Å²) in [5.41, 5.74) is 9.77. The number of nitrogen functional groups attached to an aromatic ring is 1. The number of likely N-dealkylation sites (N-methyl/N-ethyl adjacent to an activating group) is 1. The molecule has 1 aliphatic heterocycles. The molecule has 0 atom stereocenters. The lowest BCUT2D eigenvalue weighted by Gasteiger charge is -2.41. The van der Waals surface area contributed by atoms with Gasteiger partial charge in [-0.1, -0.05) is 24.3 Å². The van der Waals surface area contributed by atoms with Gasteiger partial charge in [0.2, 0.25) is 5.91 Å². The molecule has 1 saturated carbocycles. The monoisotopic (exact) mass is 599 g/mol. The number of carbonyl (C=O) groups excluding carboxylic acids is 1. The summed E-state index contributed by atoms with van der Waals surface area (Å²) in [6.07, 6.45) is 8.29. The molecule has 44 heavy (non-hydrogen) atoms. The maximum atomic E-state index is 12.1. The number of carboxylic acids is 1. The van der Waals surface area contributed by atoms with Crippen molar-refractivity contribution in [2.24, 2.45) is 0 Å². The van der Waals surface area contributed by atoms with Gasteiger partial charge in [-0.05, 0) is 62.6 Å². The van der Waals surface area contributed by atoms with E-state index in [1.807, 2.05) is 48.5 Å². The summed E-state index contributed by atoms with van der Waals surface area (Å²) in [5.74, 6) is 0.719. The summed E-state index contributed by atoms with van der Waals surface area (Å²) in [4.78, 5) is 35.2. The zero-order chi connectivity index (χ0) is 31.2. The minimum Gasteiger partial charge on any atom is -0.481 e. The number of aromatic nitrogens is 3. The van der Waals surface area contributed by atoms with E-state index in [0.717, 1.165) is 68.1 Å². The highest BCUT2D eigenvalue weighted by molar-refractivity contribution is 6.02. The Kier molecular flexibility index (Phi) is 9.76. The topological polar surface area (TPSA) is 139 Å². The third-order valence-corrected chi connectivity index (χ3v) is 8.32. The number of para-hydroxylation sites is 1. The van der Waals surface area contributed by atoms with Crippen LogP contribution < -0.4 is 15.8 Å². The van der Waals surface area contributed by atoms with Crippen LogP contribution in [-0.2, 0) is 9.59 Å². The number of piperazine rings is 1. The number of carbonyl (C=O) groups is 2. The van der Waals surface area contributed by atoms with Crippen LogP contribution in [0.5, 0.6) is 11.5 Å². The first-order valence-electron chi connectivity index (χ1n) is 15.1. The highest BCUT2D eigenvalue weighted by Crippen LogP contribution is 2.41. The molecule has 4 aromatic rings. The van der Waals surface area contributed by atoms with E-state index in [0.29, 0.717) is 35.1 Å². The summed E-state index contributed by atoms with van der Waals surface area (Å²) in [6.45, 7) is 7.20. The van der Waals surface area contributed by atoms with Gasteiger partial charge in [0.1, 0.15) is 23.5 Å². The summed E-state index contributed by atoms with van der Waals surface area (Å²) >= 11 is 0. The zero-order valence-corrected chi connectivity index (χ0v) is 25.6. The van der Waals surface area contributed by atoms with Crippen molar-refractivity contribution < 1.29 is 19.4 Å². The smallest absolute Gasteiger partial charge is 0.300 e. The fraction of sp³-hybridized carbons (Fsp3) is 0.394. The average Bonchev–Trinajstić information content (AvgIpc) is 3.40. The van der Waals surface area contributed by atoms with Crippen molar-refractivity contribution in [3.63, 3.8) is 0 Å². The predicted octanol–water partition coefficient (Wildman–Crippen LogP) is 5.25. The molecule has 2 aromatic carbocycles. The number of nitrogens with one attached hydrogen (secondary N) is 1. The van der Waals surface area contributed by atoms with Crippen molar-refractivity contribution in [3.05, 3.63) is 61.1 Å². The Labute approximate surface area is 257 Å². The molecule has 11 heteroatoms. The fourth-order valence-electron chi connectivity index (χ4n) is 6.18. The first kappa shape index (κ1) is 31.0. The highest BCUT2D eigenvalue weighted by atomic mass is 16.5. The Morgan fingerprint density at radius 2 is 1.61 bits per heavy atom.